The molecular weight excluding hydrogens is 312 g/mol. The van der Waals surface area contributed by atoms with Crippen LogP contribution in [0.15, 0.2) is 36.4 Å². The largest absolute Gasteiger partial charge is 0.528 e. The number of hydrogen-bond donors (Lipinski definition) is 0. The van der Waals surface area contributed by atoms with Crippen molar-refractivity contribution >= 4 is 40.2 Å². The van der Waals surface area contributed by atoms with Gasteiger partial charge in [0.2, 0.25) is 5.61 Å². The molecule has 0 saturated carbocycles. The van der Waals surface area contributed by atoms with Gasteiger partial charge in [-0.25, -0.2) is 0 Å². The van der Waals surface area contributed by atoms with E-state index in [9.17, 15) is 0 Å². The zero-order valence-electron chi connectivity index (χ0n) is 13.2. The first-order valence-corrected chi connectivity index (χ1v) is 12.6. The molecule has 0 unspecified atom stereocenters. The van der Waals surface area contributed by atoms with Gasteiger partial charge in [0, 0.05) is 7.87 Å². The molecule has 1 aromatic carbocycles. The molecule has 5 heteroatoms. The SMILES string of the molecule is CC(C)(C)[Si](C)(C)Oc1ppc2ccc3ccccc3n12. The van der Waals surface area contributed by atoms with E-state index in [4.69, 9.17) is 4.43 Å². The molecule has 0 bridgehead atoms. The van der Waals surface area contributed by atoms with Gasteiger partial charge in [0.1, 0.15) is 0 Å². The molecule has 0 radical (unpaired) electrons. The molecule has 0 fully saturated rings. The summed E-state index contributed by atoms with van der Waals surface area (Å²) < 4.78 is 8.92. The van der Waals surface area contributed by atoms with Crippen LogP contribution in [0.2, 0.25) is 18.1 Å². The van der Waals surface area contributed by atoms with Gasteiger partial charge in [0.05, 0.1) is 10.8 Å². The first kappa shape index (κ1) is 15.0. The maximum absolute atomic E-state index is 6.60. The van der Waals surface area contributed by atoms with Crippen molar-refractivity contribution in [1.82, 2.24) is 4.40 Å². The first-order chi connectivity index (χ1) is 9.79. The lowest BCUT2D eigenvalue weighted by Crippen LogP contribution is -2.44. The van der Waals surface area contributed by atoms with E-state index >= 15 is 0 Å². The number of para-hydroxylation sites is 1. The van der Waals surface area contributed by atoms with E-state index < -0.39 is 8.32 Å². The zero-order chi connectivity index (χ0) is 15.3. The topological polar surface area (TPSA) is 13.6 Å². The van der Waals surface area contributed by atoms with Gasteiger partial charge in [-0.05, 0) is 43.5 Å². The van der Waals surface area contributed by atoms with E-state index in [1.165, 1.54) is 31.9 Å². The molecule has 110 valence electrons. The quantitative estimate of drug-likeness (QED) is 0.479. The maximum Gasteiger partial charge on any atom is 0.252 e. The van der Waals surface area contributed by atoms with Crippen LogP contribution in [0.4, 0.5) is 0 Å². The highest BCUT2D eigenvalue weighted by atomic mass is 31.8. The average molecular weight is 333 g/mol. The Labute approximate surface area is 130 Å². The first-order valence-electron chi connectivity index (χ1n) is 7.21. The van der Waals surface area contributed by atoms with Crippen LogP contribution in [0.25, 0.3) is 16.2 Å². The standard InChI is InChI=1S/C16H21NOP2Si/c1-16(2,3)21(4,5)18-15-17-13-9-7-6-8-12(13)10-11-14(17)19-20-15/h6-11H,1-5H3. The molecule has 0 atom stereocenters. The molecule has 0 aliphatic rings. The van der Waals surface area contributed by atoms with Crippen LogP contribution in [0.3, 0.4) is 0 Å². The van der Waals surface area contributed by atoms with Crippen LogP contribution in [-0.2, 0) is 0 Å². The lowest BCUT2D eigenvalue weighted by molar-refractivity contribution is 0.485. The Balaban J connectivity index is 2.18. The Morgan fingerprint density at radius 2 is 1.71 bits per heavy atom. The van der Waals surface area contributed by atoms with Crippen LogP contribution in [0.5, 0.6) is 5.61 Å². The molecule has 2 aromatic heterocycles. The van der Waals surface area contributed by atoms with Gasteiger partial charge in [-0.1, -0.05) is 45.0 Å². The smallest absolute Gasteiger partial charge is 0.252 e. The molecule has 0 aliphatic heterocycles. The van der Waals surface area contributed by atoms with Gasteiger partial charge in [-0.3, -0.25) is 4.40 Å². The fourth-order valence-electron chi connectivity index (χ4n) is 2.06. The fourth-order valence-corrected chi connectivity index (χ4v) is 6.43. The average Bonchev–Trinajstić information content (AvgIpc) is 2.80. The number of pyridine rings is 1. The molecule has 0 saturated heterocycles. The minimum atomic E-state index is -1.80. The Morgan fingerprint density at radius 3 is 2.43 bits per heavy atom. The molecule has 21 heavy (non-hydrogen) atoms. The summed E-state index contributed by atoms with van der Waals surface area (Å²) >= 11 is 0. The molecule has 0 N–H and O–H groups in total. The zero-order valence-corrected chi connectivity index (χ0v) is 16.0. The van der Waals surface area contributed by atoms with Crippen LogP contribution in [0, 0.1) is 0 Å². The number of hydrogen-bond acceptors (Lipinski definition) is 1. The predicted octanol–water partition coefficient (Wildman–Crippen LogP) is 6.64. The Morgan fingerprint density at radius 1 is 1.00 bits per heavy atom. The van der Waals surface area contributed by atoms with Crippen LogP contribution in [0.1, 0.15) is 20.8 Å². The van der Waals surface area contributed by atoms with E-state index in [1.807, 2.05) is 0 Å². The number of rotatable bonds is 2. The van der Waals surface area contributed by atoms with Gasteiger partial charge >= 0.3 is 0 Å². The van der Waals surface area contributed by atoms with E-state index in [1.54, 1.807) is 0 Å². The fraction of sp³-hybridized carbons (Fsp3) is 0.375. The molecule has 2 heterocycles. The van der Waals surface area contributed by atoms with Crippen molar-refractivity contribution in [3.05, 3.63) is 36.4 Å². The molecule has 3 aromatic rings. The third-order valence-corrected chi connectivity index (χ3v) is 11.4. The van der Waals surface area contributed by atoms with Gasteiger partial charge in [-0.2, -0.15) is 0 Å². The Hall–Kier alpha value is -0.883. The van der Waals surface area contributed by atoms with Crippen molar-refractivity contribution < 1.29 is 4.43 Å². The summed E-state index contributed by atoms with van der Waals surface area (Å²) in [5, 5.41) is 2.81. The summed E-state index contributed by atoms with van der Waals surface area (Å²) in [4.78, 5) is 0. The number of benzene rings is 1. The lowest BCUT2D eigenvalue weighted by Gasteiger charge is -2.35. The summed E-state index contributed by atoms with van der Waals surface area (Å²) in [6.45, 7) is 11.5. The van der Waals surface area contributed by atoms with Gasteiger partial charge < -0.3 is 4.43 Å². The second-order valence-corrected chi connectivity index (χ2v) is 14.1. The van der Waals surface area contributed by atoms with Crippen molar-refractivity contribution in [1.29, 1.82) is 0 Å². The monoisotopic (exact) mass is 333 g/mol. The molecule has 0 aliphatic carbocycles. The van der Waals surface area contributed by atoms with Crippen molar-refractivity contribution in [2.24, 2.45) is 0 Å². The van der Waals surface area contributed by atoms with E-state index in [-0.39, 0.29) is 5.04 Å². The Bertz CT molecular complexity index is 805. The van der Waals surface area contributed by atoms with Crippen molar-refractivity contribution in [3.63, 3.8) is 0 Å². The van der Waals surface area contributed by atoms with Crippen LogP contribution in [-0.4, -0.2) is 12.7 Å². The summed E-state index contributed by atoms with van der Waals surface area (Å²) in [5.74, 6) is 0. The normalized spacial score (nSPS) is 13.8. The summed E-state index contributed by atoms with van der Waals surface area (Å²) in [5.41, 5.74) is 2.36. The number of aromatic nitrogens is 1. The van der Waals surface area contributed by atoms with Gasteiger partial charge in [0.25, 0.3) is 8.32 Å². The maximum atomic E-state index is 6.60. The highest BCUT2D eigenvalue weighted by molar-refractivity contribution is 7.93. The van der Waals surface area contributed by atoms with E-state index in [0.29, 0.717) is 0 Å². The molecule has 3 rings (SSSR count). The van der Waals surface area contributed by atoms with Gasteiger partial charge in [0.15, 0.2) is 0 Å². The number of nitrogens with zero attached hydrogens (tertiary/aromatic N) is 1. The molecule has 0 spiro atoms. The minimum Gasteiger partial charge on any atom is -0.528 e. The molecular formula is C16H21NOP2Si. The third kappa shape index (κ3) is 2.63. The minimum absolute atomic E-state index is 0.223. The van der Waals surface area contributed by atoms with Crippen LogP contribution >= 0.6 is 15.7 Å². The molecule has 2 nitrogen and oxygen atoms in total. The highest BCUT2D eigenvalue weighted by Crippen LogP contribution is 2.45. The van der Waals surface area contributed by atoms with Gasteiger partial charge in [-0.15, -0.1) is 0 Å². The molecule has 0 amide bonds. The van der Waals surface area contributed by atoms with E-state index in [0.717, 1.165) is 5.61 Å². The summed E-state index contributed by atoms with van der Waals surface area (Å²) in [7, 11) is 0.773. The van der Waals surface area contributed by atoms with Crippen LogP contribution < -0.4 is 4.43 Å². The number of fused-ring (bicyclic) bond motifs is 3. The second-order valence-electron chi connectivity index (χ2n) is 6.93. The van der Waals surface area contributed by atoms with Crippen molar-refractivity contribution in [2.75, 3.05) is 0 Å². The second kappa shape index (κ2) is 5.09. The summed E-state index contributed by atoms with van der Waals surface area (Å²) in [6, 6.07) is 13.0. The summed E-state index contributed by atoms with van der Waals surface area (Å²) in [6.07, 6.45) is 0. The van der Waals surface area contributed by atoms with E-state index in [2.05, 4.69) is 74.7 Å². The highest BCUT2D eigenvalue weighted by Gasteiger charge is 2.39. The van der Waals surface area contributed by atoms with Crippen molar-refractivity contribution in [3.8, 4) is 5.61 Å². The van der Waals surface area contributed by atoms with Crippen molar-refractivity contribution in [2.45, 2.75) is 38.9 Å². The predicted molar refractivity (Wildman–Crippen MR) is 97.8 cm³/mol. The third-order valence-electron chi connectivity index (χ3n) is 4.40. The Kier molecular flexibility index (Phi) is 3.64. The lowest BCUT2D eigenvalue weighted by atomic mass is 10.2.